The van der Waals surface area contributed by atoms with Gasteiger partial charge >= 0.3 is 0 Å². The van der Waals surface area contributed by atoms with Crippen LogP contribution in [0.1, 0.15) is 31.2 Å². The lowest BCUT2D eigenvalue weighted by Crippen LogP contribution is -2.39. The summed E-state index contributed by atoms with van der Waals surface area (Å²) in [5.41, 5.74) is 0.878. The molecule has 1 aliphatic rings. The number of rotatable bonds is 12. The van der Waals surface area contributed by atoms with E-state index in [4.69, 9.17) is 21.1 Å². The lowest BCUT2D eigenvalue weighted by Gasteiger charge is -2.37. The number of anilines is 1. The third kappa shape index (κ3) is 7.38. The quantitative estimate of drug-likeness (QED) is 0.226. The van der Waals surface area contributed by atoms with E-state index in [0.717, 1.165) is 5.56 Å². The third-order valence-corrected chi connectivity index (χ3v) is 5.82. The molecule has 188 valence electrons. The molecular weight excluding hydrogens is 476 g/mol. The van der Waals surface area contributed by atoms with E-state index in [1.165, 1.54) is 18.3 Å². The van der Waals surface area contributed by atoms with E-state index in [2.05, 4.69) is 15.6 Å². The fourth-order valence-electron chi connectivity index (χ4n) is 3.88. The van der Waals surface area contributed by atoms with Gasteiger partial charge < -0.3 is 25.2 Å². The molecule has 1 aromatic heterocycles. The van der Waals surface area contributed by atoms with Crippen molar-refractivity contribution in [3.8, 4) is 0 Å². The monoisotopic (exact) mass is 504 g/mol. The van der Waals surface area contributed by atoms with Crippen molar-refractivity contribution in [1.29, 1.82) is 0 Å². The second-order valence-corrected chi connectivity index (χ2v) is 8.36. The van der Waals surface area contributed by atoms with Crippen LogP contribution in [0.2, 0.25) is 5.02 Å². The number of carbonyl (C=O) groups is 1. The number of halogens is 1. The number of hydrogen-bond donors (Lipinski definition) is 3. The van der Waals surface area contributed by atoms with Gasteiger partial charge in [-0.15, -0.1) is 0 Å². The molecule has 3 atom stereocenters. The van der Waals surface area contributed by atoms with E-state index in [1.54, 1.807) is 18.2 Å². The van der Waals surface area contributed by atoms with Crippen LogP contribution in [0, 0.1) is 16.0 Å². The summed E-state index contributed by atoms with van der Waals surface area (Å²) in [5, 5.41) is 26.5. The van der Waals surface area contributed by atoms with Crippen LogP contribution in [-0.4, -0.2) is 53.5 Å². The van der Waals surface area contributed by atoms with Crippen molar-refractivity contribution in [1.82, 2.24) is 10.3 Å². The lowest BCUT2D eigenvalue weighted by molar-refractivity contribution is -0.385. The number of nitrogens with one attached hydrogen (secondary N) is 2. The standard InChI is InChI=1S/C24H29ClN4O6/c1-2-34-24-19(4-3-13-30)20(16-5-7-17(25)8-6-16)14-21(35-24)23(31)27-12-11-26-22-10-9-18(15-28-22)29(32)33/h5-10,14-15,19-20,24,30H,2-4,11-13H2,1H3,(H,26,28)(H,27,31)/t19-,20-,24-/m1/s1. The minimum Gasteiger partial charge on any atom is -0.459 e. The van der Waals surface area contributed by atoms with Gasteiger partial charge in [0.25, 0.3) is 11.6 Å². The Morgan fingerprint density at radius 2 is 2.03 bits per heavy atom. The summed E-state index contributed by atoms with van der Waals surface area (Å²) < 4.78 is 11.8. The van der Waals surface area contributed by atoms with Crippen molar-refractivity contribution >= 4 is 29.0 Å². The lowest BCUT2D eigenvalue weighted by atomic mass is 9.80. The van der Waals surface area contributed by atoms with Crippen molar-refractivity contribution in [2.45, 2.75) is 32.0 Å². The number of allylic oxidation sites excluding steroid dienone is 1. The summed E-state index contributed by atoms with van der Waals surface area (Å²) in [7, 11) is 0. The molecule has 3 N–H and O–H groups in total. The molecule has 0 bridgehead atoms. The second kappa shape index (κ2) is 13.0. The molecule has 35 heavy (non-hydrogen) atoms. The Kier molecular flexibility index (Phi) is 9.83. The van der Waals surface area contributed by atoms with E-state index in [1.807, 2.05) is 19.1 Å². The molecular formula is C24H29ClN4O6. The Labute approximate surface area is 208 Å². The maximum Gasteiger partial charge on any atom is 0.287 e. The topological polar surface area (TPSA) is 136 Å². The molecule has 0 unspecified atom stereocenters. The predicted molar refractivity (Wildman–Crippen MR) is 131 cm³/mol. The van der Waals surface area contributed by atoms with E-state index in [0.29, 0.717) is 36.8 Å². The number of ether oxygens (including phenoxy) is 2. The average Bonchev–Trinajstić information content (AvgIpc) is 2.86. The number of benzene rings is 1. The van der Waals surface area contributed by atoms with Crippen LogP contribution in [0.15, 0.2) is 54.4 Å². The molecule has 3 rings (SSSR count). The second-order valence-electron chi connectivity index (χ2n) is 7.92. The first kappa shape index (κ1) is 26.4. The molecule has 0 aliphatic carbocycles. The van der Waals surface area contributed by atoms with Gasteiger partial charge in [0.05, 0.1) is 4.92 Å². The van der Waals surface area contributed by atoms with E-state index in [-0.39, 0.29) is 42.3 Å². The van der Waals surface area contributed by atoms with Crippen molar-refractivity contribution in [2.24, 2.45) is 5.92 Å². The molecule has 0 radical (unpaired) electrons. The number of pyridine rings is 1. The number of carbonyl (C=O) groups excluding carboxylic acids is 1. The Morgan fingerprint density at radius 1 is 1.26 bits per heavy atom. The van der Waals surface area contributed by atoms with Crippen molar-refractivity contribution < 1.29 is 24.3 Å². The molecule has 1 aliphatic heterocycles. The van der Waals surface area contributed by atoms with Gasteiger partial charge in [-0.2, -0.15) is 0 Å². The number of aliphatic hydroxyl groups excluding tert-OH is 1. The zero-order valence-corrected chi connectivity index (χ0v) is 20.1. The Balaban J connectivity index is 1.67. The van der Waals surface area contributed by atoms with E-state index < -0.39 is 11.2 Å². The molecule has 0 fully saturated rings. The van der Waals surface area contributed by atoms with Gasteiger partial charge in [-0.25, -0.2) is 4.98 Å². The molecule has 1 aromatic carbocycles. The summed E-state index contributed by atoms with van der Waals surface area (Å²) in [6.45, 7) is 2.96. The summed E-state index contributed by atoms with van der Waals surface area (Å²) in [5.74, 6) is -0.00392. The van der Waals surface area contributed by atoms with Crippen LogP contribution < -0.4 is 10.6 Å². The van der Waals surface area contributed by atoms with Crippen molar-refractivity contribution in [2.75, 3.05) is 31.6 Å². The number of aromatic nitrogens is 1. The molecule has 1 amide bonds. The largest absolute Gasteiger partial charge is 0.459 e. The molecule has 2 aromatic rings. The van der Waals surface area contributed by atoms with Gasteiger partial charge in [-0.1, -0.05) is 23.7 Å². The average molecular weight is 505 g/mol. The molecule has 2 heterocycles. The van der Waals surface area contributed by atoms with E-state index in [9.17, 15) is 20.0 Å². The Morgan fingerprint density at radius 3 is 2.66 bits per heavy atom. The molecule has 0 saturated heterocycles. The summed E-state index contributed by atoms with van der Waals surface area (Å²) in [4.78, 5) is 27.1. The highest BCUT2D eigenvalue weighted by Gasteiger charge is 2.37. The summed E-state index contributed by atoms with van der Waals surface area (Å²) >= 11 is 6.06. The third-order valence-electron chi connectivity index (χ3n) is 5.57. The maximum atomic E-state index is 12.9. The van der Waals surface area contributed by atoms with Gasteiger partial charge in [-0.3, -0.25) is 14.9 Å². The number of hydrogen-bond acceptors (Lipinski definition) is 8. The van der Waals surface area contributed by atoms with Gasteiger partial charge in [0.1, 0.15) is 12.0 Å². The normalized spacial score (nSPS) is 19.4. The SMILES string of the molecule is CCO[C@@H]1OC(C(=O)NCCNc2ccc([N+](=O)[O-])cn2)=C[C@H](c2ccc(Cl)cc2)[C@H]1CCCO. The van der Waals surface area contributed by atoms with Crippen LogP contribution >= 0.6 is 11.6 Å². The fourth-order valence-corrected chi connectivity index (χ4v) is 4.01. The maximum absolute atomic E-state index is 12.9. The van der Waals surface area contributed by atoms with Gasteiger partial charge in [0.2, 0.25) is 6.29 Å². The Bertz CT molecular complexity index is 1020. The number of amides is 1. The molecule has 11 heteroatoms. The highest BCUT2D eigenvalue weighted by Crippen LogP contribution is 2.39. The predicted octanol–water partition coefficient (Wildman–Crippen LogP) is 3.62. The van der Waals surface area contributed by atoms with Crippen LogP contribution in [0.25, 0.3) is 0 Å². The van der Waals surface area contributed by atoms with Gasteiger partial charge in [0, 0.05) is 49.2 Å². The van der Waals surface area contributed by atoms with Crippen molar-refractivity contribution in [3.05, 3.63) is 75.1 Å². The van der Waals surface area contributed by atoms with Crippen molar-refractivity contribution in [3.63, 3.8) is 0 Å². The number of nitrogens with zero attached hydrogens (tertiary/aromatic N) is 2. The first-order chi connectivity index (χ1) is 16.9. The smallest absolute Gasteiger partial charge is 0.287 e. The Hall–Kier alpha value is -3.21. The first-order valence-electron chi connectivity index (χ1n) is 11.4. The van der Waals surface area contributed by atoms with Crippen LogP contribution in [-0.2, 0) is 14.3 Å². The van der Waals surface area contributed by atoms with Gasteiger partial charge in [-0.05, 0) is 49.6 Å². The highest BCUT2D eigenvalue weighted by molar-refractivity contribution is 6.30. The number of aliphatic hydroxyl groups is 1. The minimum absolute atomic E-state index is 0.0519. The summed E-state index contributed by atoms with van der Waals surface area (Å²) in [6, 6.07) is 10.3. The zero-order chi connectivity index (χ0) is 25.2. The minimum atomic E-state index is -0.639. The zero-order valence-electron chi connectivity index (χ0n) is 19.4. The summed E-state index contributed by atoms with van der Waals surface area (Å²) in [6.07, 6.45) is 3.56. The van der Waals surface area contributed by atoms with Crippen LogP contribution in [0.3, 0.4) is 0 Å². The molecule has 0 spiro atoms. The highest BCUT2D eigenvalue weighted by atomic mass is 35.5. The van der Waals surface area contributed by atoms with Crippen LogP contribution in [0.4, 0.5) is 11.5 Å². The van der Waals surface area contributed by atoms with Crippen LogP contribution in [0.5, 0.6) is 0 Å². The molecule has 10 nitrogen and oxygen atoms in total. The fraction of sp³-hybridized carbons (Fsp3) is 0.417. The van der Waals surface area contributed by atoms with E-state index >= 15 is 0 Å². The molecule has 0 saturated carbocycles. The van der Waals surface area contributed by atoms with Gasteiger partial charge in [0.15, 0.2) is 5.76 Å². The number of nitro groups is 1. The first-order valence-corrected chi connectivity index (χ1v) is 11.8.